The predicted octanol–water partition coefficient (Wildman–Crippen LogP) is -0.291. The lowest BCUT2D eigenvalue weighted by atomic mass is 10.2. The average molecular weight is 207 g/mol. The van der Waals surface area contributed by atoms with Gasteiger partial charge in [0.15, 0.2) is 0 Å². The van der Waals surface area contributed by atoms with Gasteiger partial charge in [0.05, 0.1) is 0 Å². The van der Waals surface area contributed by atoms with Gasteiger partial charge in [-0.3, -0.25) is 9.59 Å². The van der Waals surface area contributed by atoms with Crippen LogP contribution >= 0.6 is 0 Å². The molecule has 1 aliphatic heterocycles. The van der Waals surface area contributed by atoms with Gasteiger partial charge in [0, 0.05) is 37.0 Å². The second-order valence-electron chi connectivity index (χ2n) is 3.76. The number of nitrogens with one attached hydrogen (secondary N) is 1. The number of carbonyl (C=O) groups excluding carboxylic acids is 1. The quantitative estimate of drug-likeness (QED) is 0.699. The van der Waals surface area contributed by atoms with Crippen LogP contribution in [-0.4, -0.2) is 16.5 Å². The van der Waals surface area contributed by atoms with E-state index < -0.39 is 0 Å². The molecule has 1 amide bonds. The minimum absolute atomic E-state index is 0.0527. The topological polar surface area (TPSA) is 77.1 Å². The average Bonchev–Trinajstić information content (AvgIpc) is 2.58. The third-order valence-corrected chi connectivity index (χ3v) is 2.51. The van der Waals surface area contributed by atoms with E-state index in [9.17, 15) is 9.59 Å². The summed E-state index contributed by atoms with van der Waals surface area (Å²) in [4.78, 5) is 22.4. The SMILES string of the molecule is Nc1ccc(=O)n(CC2CCC(=O)N2)c1. The highest BCUT2D eigenvalue weighted by atomic mass is 16.2. The van der Waals surface area contributed by atoms with E-state index in [0.717, 1.165) is 6.42 Å². The Morgan fingerprint density at radius 1 is 1.47 bits per heavy atom. The van der Waals surface area contributed by atoms with Gasteiger partial charge in [-0.15, -0.1) is 0 Å². The van der Waals surface area contributed by atoms with E-state index in [1.165, 1.54) is 10.6 Å². The fraction of sp³-hybridized carbons (Fsp3) is 0.400. The maximum atomic E-state index is 11.4. The number of amides is 1. The Morgan fingerprint density at radius 3 is 2.93 bits per heavy atom. The van der Waals surface area contributed by atoms with Gasteiger partial charge in [-0.2, -0.15) is 0 Å². The number of nitrogens with zero attached hydrogens (tertiary/aromatic N) is 1. The van der Waals surface area contributed by atoms with Crippen molar-refractivity contribution in [2.45, 2.75) is 25.4 Å². The summed E-state index contributed by atoms with van der Waals surface area (Å²) in [5, 5.41) is 2.81. The molecule has 5 heteroatoms. The van der Waals surface area contributed by atoms with Crippen LogP contribution in [0.3, 0.4) is 0 Å². The summed E-state index contributed by atoms with van der Waals surface area (Å²) in [6.45, 7) is 0.496. The van der Waals surface area contributed by atoms with Crippen LogP contribution in [0.2, 0.25) is 0 Å². The van der Waals surface area contributed by atoms with E-state index in [-0.39, 0.29) is 17.5 Å². The van der Waals surface area contributed by atoms with Crippen molar-refractivity contribution in [1.29, 1.82) is 0 Å². The van der Waals surface area contributed by atoms with Crippen LogP contribution in [0.5, 0.6) is 0 Å². The molecule has 0 saturated carbocycles. The molecule has 1 unspecified atom stereocenters. The number of anilines is 1. The van der Waals surface area contributed by atoms with Gasteiger partial charge >= 0.3 is 0 Å². The van der Waals surface area contributed by atoms with Gasteiger partial charge in [0.1, 0.15) is 0 Å². The number of rotatable bonds is 2. The summed E-state index contributed by atoms with van der Waals surface area (Å²) in [5.74, 6) is 0.0527. The van der Waals surface area contributed by atoms with Crippen LogP contribution in [0, 0.1) is 0 Å². The highest BCUT2D eigenvalue weighted by molar-refractivity contribution is 5.78. The number of pyridine rings is 1. The zero-order chi connectivity index (χ0) is 10.8. The fourth-order valence-electron chi connectivity index (χ4n) is 1.74. The fourth-order valence-corrected chi connectivity index (χ4v) is 1.74. The molecule has 1 atom stereocenters. The minimum Gasteiger partial charge on any atom is -0.398 e. The largest absolute Gasteiger partial charge is 0.398 e. The molecule has 2 rings (SSSR count). The lowest BCUT2D eigenvalue weighted by molar-refractivity contribution is -0.119. The maximum Gasteiger partial charge on any atom is 0.250 e. The van der Waals surface area contributed by atoms with Gasteiger partial charge in [0.2, 0.25) is 5.91 Å². The Morgan fingerprint density at radius 2 is 2.27 bits per heavy atom. The number of nitrogens with two attached hydrogens (primary N) is 1. The Hall–Kier alpha value is -1.78. The van der Waals surface area contributed by atoms with Gasteiger partial charge in [-0.1, -0.05) is 0 Å². The molecule has 0 aliphatic carbocycles. The number of carbonyl (C=O) groups is 1. The van der Waals surface area contributed by atoms with Crippen molar-refractivity contribution in [2.75, 3.05) is 5.73 Å². The molecule has 0 spiro atoms. The molecule has 1 saturated heterocycles. The second-order valence-corrected chi connectivity index (χ2v) is 3.76. The van der Waals surface area contributed by atoms with Crippen LogP contribution in [-0.2, 0) is 11.3 Å². The Kier molecular flexibility index (Phi) is 2.45. The Labute approximate surface area is 86.9 Å². The van der Waals surface area contributed by atoms with Crippen molar-refractivity contribution in [2.24, 2.45) is 0 Å². The van der Waals surface area contributed by atoms with Crippen LogP contribution in [0.4, 0.5) is 5.69 Å². The van der Waals surface area contributed by atoms with Gasteiger partial charge < -0.3 is 15.6 Å². The van der Waals surface area contributed by atoms with E-state index in [1.807, 2.05) is 0 Å². The van der Waals surface area contributed by atoms with E-state index in [2.05, 4.69) is 5.32 Å². The Balaban J connectivity index is 2.13. The van der Waals surface area contributed by atoms with E-state index in [0.29, 0.717) is 18.7 Å². The van der Waals surface area contributed by atoms with Gasteiger partial charge in [-0.25, -0.2) is 0 Å². The summed E-state index contributed by atoms with van der Waals surface area (Å²) in [7, 11) is 0. The first-order valence-corrected chi connectivity index (χ1v) is 4.90. The van der Waals surface area contributed by atoms with Gasteiger partial charge in [0.25, 0.3) is 5.56 Å². The van der Waals surface area contributed by atoms with Crippen LogP contribution < -0.4 is 16.6 Å². The van der Waals surface area contributed by atoms with E-state index in [1.54, 1.807) is 12.3 Å². The van der Waals surface area contributed by atoms with E-state index >= 15 is 0 Å². The molecule has 0 aromatic carbocycles. The zero-order valence-corrected chi connectivity index (χ0v) is 8.27. The maximum absolute atomic E-state index is 11.4. The standard InChI is InChI=1S/C10H13N3O2/c11-7-1-4-10(15)13(5-7)6-8-2-3-9(14)12-8/h1,4-5,8H,2-3,6,11H2,(H,12,14). The first kappa shape index (κ1) is 9.76. The molecule has 1 fully saturated rings. The Bertz CT molecular complexity index is 439. The molecule has 1 aromatic heterocycles. The zero-order valence-electron chi connectivity index (χ0n) is 8.27. The highest BCUT2D eigenvalue weighted by Gasteiger charge is 2.20. The molecule has 80 valence electrons. The molecule has 0 bridgehead atoms. The summed E-state index contributed by atoms with van der Waals surface area (Å²) in [5.41, 5.74) is 6.04. The van der Waals surface area contributed by atoms with Crippen LogP contribution in [0.25, 0.3) is 0 Å². The molecule has 5 nitrogen and oxygen atoms in total. The molecule has 2 heterocycles. The molecule has 0 radical (unpaired) electrons. The third kappa shape index (κ3) is 2.18. The van der Waals surface area contributed by atoms with Crippen molar-refractivity contribution < 1.29 is 4.79 Å². The molecule has 3 N–H and O–H groups in total. The number of hydrogen-bond acceptors (Lipinski definition) is 3. The van der Waals surface area contributed by atoms with Crippen molar-refractivity contribution in [3.8, 4) is 0 Å². The highest BCUT2D eigenvalue weighted by Crippen LogP contribution is 2.08. The first-order chi connectivity index (χ1) is 7.15. The smallest absolute Gasteiger partial charge is 0.250 e. The van der Waals surface area contributed by atoms with Crippen molar-refractivity contribution >= 4 is 11.6 Å². The lowest BCUT2D eigenvalue weighted by Crippen LogP contribution is -2.33. The molecule has 15 heavy (non-hydrogen) atoms. The predicted molar refractivity (Wildman–Crippen MR) is 56.3 cm³/mol. The summed E-state index contributed by atoms with van der Waals surface area (Å²) in [6, 6.07) is 3.06. The normalized spacial score (nSPS) is 20.3. The van der Waals surface area contributed by atoms with Crippen LogP contribution in [0.1, 0.15) is 12.8 Å². The molecule has 1 aliphatic rings. The van der Waals surface area contributed by atoms with Gasteiger partial charge in [-0.05, 0) is 12.5 Å². The van der Waals surface area contributed by atoms with Crippen molar-refractivity contribution in [3.63, 3.8) is 0 Å². The summed E-state index contributed by atoms with van der Waals surface area (Å²) in [6.07, 6.45) is 2.93. The van der Waals surface area contributed by atoms with E-state index in [4.69, 9.17) is 5.73 Å². The summed E-state index contributed by atoms with van der Waals surface area (Å²) < 4.78 is 1.53. The van der Waals surface area contributed by atoms with Crippen molar-refractivity contribution in [3.05, 3.63) is 28.7 Å². The number of nitrogen functional groups attached to an aromatic ring is 1. The minimum atomic E-state index is -0.0923. The molecular formula is C10H13N3O2. The molecule has 1 aromatic rings. The third-order valence-electron chi connectivity index (χ3n) is 2.51. The number of hydrogen-bond donors (Lipinski definition) is 2. The summed E-state index contributed by atoms with van der Waals surface area (Å²) >= 11 is 0. The first-order valence-electron chi connectivity index (χ1n) is 4.90. The monoisotopic (exact) mass is 207 g/mol. The lowest BCUT2D eigenvalue weighted by Gasteiger charge is -2.12. The molecular weight excluding hydrogens is 194 g/mol. The van der Waals surface area contributed by atoms with Crippen molar-refractivity contribution in [1.82, 2.24) is 9.88 Å². The van der Waals surface area contributed by atoms with Crippen LogP contribution in [0.15, 0.2) is 23.1 Å². The number of aromatic nitrogens is 1. The second kappa shape index (κ2) is 3.76.